The van der Waals surface area contributed by atoms with Crippen LogP contribution in [-0.2, 0) is 13.1 Å². The average molecular weight is 332 g/mol. The molecule has 3 aromatic heterocycles. The summed E-state index contributed by atoms with van der Waals surface area (Å²) < 4.78 is 6.99. The Kier molecular flexibility index (Phi) is 4.21. The molecule has 0 bridgehead atoms. The van der Waals surface area contributed by atoms with E-state index in [-0.39, 0.29) is 5.91 Å². The molecule has 0 fully saturated rings. The molecular weight excluding hydrogens is 312 g/mol. The second-order valence-electron chi connectivity index (χ2n) is 6.10. The van der Waals surface area contributed by atoms with Gasteiger partial charge in [-0.05, 0) is 25.8 Å². The molecule has 0 unspecified atom stereocenters. The summed E-state index contributed by atoms with van der Waals surface area (Å²) in [5, 5.41) is 12.4. The van der Waals surface area contributed by atoms with E-state index in [4.69, 9.17) is 4.52 Å². The Balaban J connectivity index is 1.78. The van der Waals surface area contributed by atoms with Crippen LogP contribution in [0.1, 0.15) is 40.7 Å². The number of aryl methyl sites for hydroxylation is 2. The second-order valence-corrected chi connectivity index (χ2v) is 7.13. The van der Waals surface area contributed by atoms with Crippen LogP contribution in [0.3, 0.4) is 0 Å². The van der Waals surface area contributed by atoms with Gasteiger partial charge in [0, 0.05) is 18.0 Å². The number of nitrogens with one attached hydrogen (secondary N) is 1. The van der Waals surface area contributed by atoms with Gasteiger partial charge < -0.3 is 9.84 Å². The number of carbonyl (C=O) groups is 1. The molecule has 6 nitrogen and oxygen atoms in total. The van der Waals surface area contributed by atoms with E-state index in [2.05, 4.69) is 29.4 Å². The van der Waals surface area contributed by atoms with Gasteiger partial charge in [0.25, 0.3) is 5.91 Å². The summed E-state index contributed by atoms with van der Waals surface area (Å²) in [5.41, 5.74) is 1.68. The molecule has 122 valence electrons. The maximum absolute atomic E-state index is 12.3. The van der Waals surface area contributed by atoms with Crippen LogP contribution in [0.15, 0.2) is 16.7 Å². The summed E-state index contributed by atoms with van der Waals surface area (Å²) >= 11 is 1.48. The third kappa shape index (κ3) is 3.29. The van der Waals surface area contributed by atoms with E-state index < -0.39 is 0 Å². The first-order valence-electron chi connectivity index (χ1n) is 7.61. The van der Waals surface area contributed by atoms with Crippen LogP contribution in [0, 0.1) is 19.8 Å². The van der Waals surface area contributed by atoms with Crippen LogP contribution in [0.4, 0.5) is 0 Å². The lowest BCUT2D eigenvalue weighted by molar-refractivity contribution is 0.0954. The van der Waals surface area contributed by atoms with E-state index in [1.807, 2.05) is 30.7 Å². The Morgan fingerprint density at radius 3 is 2.83 bits per heavy atom. The molecule has 1 N–H and O–H groups in total. The lowest BCUT2D eigenvalue weighted by Gasteiger charge is -2.05. The normalized spacial score (nSPS) is 11.5. The van der Waals surface area contributed by atoms with Gasteiger partial charge in [-0.1, -0.05) is 19.0 Å². The van der Waals surface area contributed by atoms with Crippen LogP contribution >= 0.6 is 11.3 Å². The van der Waals surface area contributed by atoms with E-state index in [0.29, 0.717) is 17.3 Å². The zero-order chi connectivity index (χ0) is 16.6. The first-order valence-corrected chi connectivity index (χ1v) is 8.43. The van der Waals surface area contributed by atoms with Gasteiger partial charge in [0.1, 0.15) is 16.3 Å². The van der Waals surface area contributed by atoms with Crippen LogP contribution in [0.5, 0.6) is 0 Å². The van der Waals surface area contributed by atoms with Gasteiger partial charge in [0.2, 0.25) is 0 Å². The van der Waals surface area contributed by atoms with Crippen molar-refractivity contribution in [2.24, 2.45) is 5.92 Å². The molecule has 0 aliphatic carbocycles. The summed E-state index contributed by atoms with van der Waals surface area (Å²) in [6, 6.07) is 3.73. The molecule has 3 rings (SSSR count). The number of rotatable bonds is 5. The summed E-state index contributed by atoms with van der Waals surface area (Å²) in [5.74, 6) is 1.15. The third-order valence-corrected chi connectivity index (χ3v) is 4.62. The van der Waals surface area contributed by atoms with E-state index in [9.17, 15) is 4.79 Å². The quantitative estimate of drug-likeness (QED) is 0.778. The average Bonchev–Trinajstić information content (AvgIpc) is 3.15. The fraction of sp³-hybridized carbons (Fsp3) is 0.438. The smallest absolute Gasteiger partial charge is 0.261 e. The standard InChI is InChI=1S/C16H20N4O2S/c1-9(2)8-20-16-13(11(4)18-20)6-14(23-16)15(21)17-7-12-5-10(3)22-19-12/h5-6,9H,7-8H2,1-4H3,(H,17,21). The van der Waals surface area contributed by atoms with Crippen molar-refractivity contribution in [2.75, 3.05) is 0 Å². The van der Waals surface area contributed by atoms with Crippen LogP contribution in [0.2, 0.25) is 0 Å². The fourth-order valence-electron chi connectivity index (χ4n) is 2.45. The maximum Gasteiger partial charge on any atom is 0.261 e. The monoisotopic (exact) mass is 332 g/mol. The molecule has 0 aliphatic rings. The molecule has 0 aromatic carbocycles. The first kappa shape index (κ1) is 15.7. The Morgan fingerprint density at radius 2 is 2.17 bits per heavy atom. The van der Waals surface area contributed by atoms with Crippen molar-refractivity contribution in [3.05, 3.63) is 34.2 Å². The largest absolute Gasteiger partial charge is 0.361 e. The van der Waals surface area contributed by atoms with Crippen LogP contribution < -0.4 is 5.32 Å². The Morgan fingerprint density at radius 1 is 1.39 bits per heavy atom. The molecule has 3 aromatic rings. The second kappa shape index (κ2) is 6.16. The molecule has 0 spiro atoms. The number of nitrogens with zero attached hydrogens (tertiary/aromatic N) is 3. The highest BCUT2D eigenvalue weighted by Crippen LogP contribution is 2.28. The molecule has 1 amide bonds. The molecule has 3 heterocycles. The zero-order valence-electron chi connectivity index (χ0n) is 13.7. The summed E-state index contributed by atoms with van der Waals surface area (Å²) in [7, 11) is 0. The lowest BCUT2D eigenvalue weighted by atomic mass is 10.2. The van der Waals surface area contributed by atoms with Crippen LogP contribution in [0.25, 0.3) is 10.2 Å². The highest BCUT2D eigenvalue weighted by Gasteiger charge is 2.17. The third-order valence-electron chi connectivity index (χ3n) is 3.48. The van der Waals surface area contributed by atoms with Crippen LogP contribution in [-0.4, -0.2) is 20.8 Å². The Bertz CT molecular complexity index is 844. The van der Waals surface area contributed by atoms with Gasteiger partial charge >= 0.3 is 0 Å². The predicted molar refractivity (Wildman–Crippen MR) is 89.6 cm³/mol. The number of amides is 1. The van der Waals surface area contributed by atoms with Gasteiger partial charge in [-0.3, -0.25) is 9.48 Å². The Hall–Kier alpha value is -2.15. The maximum atomic E-state index is 12.3. The molecule has 23 heavy (non-hydrogen) atoms. The summed E-state index contributed by atoms with van der Waals surface area (Å²) in [6.45, 7) is 9.33. The number of hydrogen-bond acceptors (Lipinski definition) is 5. The molecule has 0 saturated heterocycles. The van der Waals surface area contributed by atoms with Crippen molar-refractivity contribution in [2.45, 2.75) is 40.8 Å². The minimum Gasteiger partial charge on any atom is -0.361 e. The van der Waals surface area contributed by atoms with E-state index in [1.54, 1.807) is 0 Å². The van der Waals surface area contributed by atoms with Crippen molar-refractivity contribution < 1.29 is 9.32 Å². The predicted octanol–water partition coefficient (Wildman–Crippen LogP) is 3.29. The number of carbonyl (C=O) groups excluding carboxylic acids is 1. The molecule has 7 heteroatoms. The summed E-state index contributed by atoms with van der Waals surface area (Å²) in [6.07, 6.45) is 0. The molecule has 0 radical (unpaired) electrons. The topological polar surface area (TPSA) is 73.0 Å². The fourth-order valence-corrected chi connectivity index (χ4v) is 3.54. The first-order chi connectivity index (χ1) is 10.9. The van der Waals surface area contributed by atoms with Crippen molar-refractivity contribution in [1.29, 1.82) is 0 Å². The van der Waals surface area contributed by atoms with Gasteiger partial charge in [-0.25, -0.2) is 0 Å². The van der Waals surface area contributed by atoms with E-state index >= 15 is 0 Å². The van der Waals surface area contributed by atoms with E-state index in [0.717, 1.165) is 33.9 Å². The molecule has 0 aliphatic heterocycles. The minimum atomic E-state index is -0.0950. The summed E-state index contributed by atoms with van der Waals surface area (Å²) in [4.78, 5) is 14.1. The zero-order valence-corrected chi connectivity index (χ0v) is 14.5. The highest BCUT2D eigenvalue weighted by molar-refractivity contribution is 7.20. The van der Waals surface area contributed by atoms with Crippen molar-refractivity contribution in [3.8, 4) is 0 Å². The molecule has 0 atom stereocenters. The minimum absolute atomic E-state index is 0.0950. The van der Waals surface area contributed by atoms with Crippen molar-refractivity contribution >= 4 is 27.5 Å². The van der Waals surface area contributed by atoms with Crippen molar-refractivity contribution in [3.63, 3.8) is 0 Å². The van der Waals surface area contributed by atoms with Gasteiger partial charge in [0.15, 0.2) is 0 Å². The van der Waals surface area contributed by atoms with Gasteiger partial charge in [0.05, 0.1) is 17.1 Å². The van der Waals surface area contributed by atoms with Gasteiger partial charge in [-0.2, -0.15) is 5.10 Å². The number of aromatic nitrogens is 3. The van der Waals surface area contributed by atoms with Gasteiger partial charge in [-0.15, -0.1) is 11.3 Å². The highest BCUT2D eigenvalue weighted by atomic mass is 32.1. The van der Waals surface area contributed by atoms with Crippen molar-refractivity contribution in [1.82, 2.24) is 20.3 Å². The molecular formula is C16H20N4O2S. The SMILES string of the molecule is Cc1cc(CNC(=O)c2cc3c(C)nn(CC(C)C)c3s2)no1. The number of fused-ring (bicyclic) bond motifs is 1. The number of hydrogen-bond donors (Lipinski definition) is 1. The lowest BCUT2D eigenvalue weighted by Crippen LogP contribution is -2.21. The Labute approximate surface area is 138 Å². The molecule has 0 saturated carbocycles. The van der Waals surface area contributed by atoms with E-state index in [1.165, 1.54) is 11.3 Å². The number of thiophene rings is 1.